The normalized spacial score (nSPS) is 21.6. The number of hydrogen-bond acceptors (Lipinski definition) is 4. The predicted molar refractivity (Wildman–Crippen MR) is 126 cm³/mol. The van der Waals surface area contributed by atoms with E-state index in [9.17, 15) is 9.59 Å². The van der Waals surface area contributed by atoms with Gasteiger partial charge in [0.05, 0.1) is 20.2 Å². The molecule has 5 rings (SSSR count). The van der Waals surface area contributed by atoms with Gasteiger partial charge in [-0.1, -0.05) is 37.5 Å². The largest absolute Gasteiger partial charge is 0.496 e. The topological polar surface area (TPSA) is 63.6 Å². The number of amides is 2. The molecule has 0 unspecified atom stereocenters. The Kier molecular flexibility index (Phi) is 5.45. The van der Waals surface area contributed by atoms with Gasteiger partial charge in [-0.3, -0.25) is 9.59 Å². The lowest BCUT2D eigenvalue weighted by molar-refractivity contribution is -0.134. The molecule has 3 aromatic rings. The number of methoxy groups -OCH3 is 1. The van der Waals surface area contributed by atoms with Crippen molar-refractivity contribution < 1.29 is 14.3 Å². The van der Waals surface area contributed by atoms with E-state index in [2.05, 4.69) is 5.32 Å². The highest BCUT2D eigenvalue weighted by molar-refractivity contribution is 7.16. The molecule has 7 heteroatoms. The zero-order valence-electron chi connectivity index (χ0n) is 18.6. The van der Waals surface area contributed by atoms with Gasteiger partial charge in [-0.05, 0) is 43.3 Å². The molecule has 168 valence electrons. The number of thiophene rings is 1. The third kappa shape index (κ3) is 3.48. The van der Waals surface area contributed by atoms with E-state index in [-0.39, 0.29) is 17.9 Å². The fourth-order valence-electron chi connectivity index (χ4n) is 5.10. The van der Waals surface area contributed by atoms with Gasteiger partial charge in [0.15, 0.2) is 0 Å². The summed E-state index contributed by atoms with van der Waals surface area (Å²) < 4.78 is 7.56. The Morgan fingerprint density at radius 2 is 2.00 bits per heavy atom. The average Bonchev–Trinajstić information content (AvgIpc) is 3.40. The van der Waals surface area contributed by atoms with E-state index in [1.165, 1.54) is 6.42 Å². The van der Waals surface area contributed by atoms with E-state index in [4.69, 9.17) is 4.74 Å². The first-order chi connectivity index (χ1) is 15.5. The lowest BCUT2D eigenvalue weighted by Gasteiger charge is -2.45. The molecule has 32 heavy (non-hydrogen) atoms. The monoisotopic (exact) mass is 451 g/mol. The van der Waals surface area contributed by atoms with Crippen LogP contribution in [0, 0.1) is 0 Å². The first-order valence-electron chi connectivity index (χ1n) is 11.3. The minimum atomic E-state index is -1.00. The van der Waals surface area contributed by atoms with Crippen LogP contribution in [-0.4, -0.2) is 40.0 Å². The second-order valence-electron chi connectivity index (χ2n) is 9.08. The molecule has 1 fully saturated rings. The SMILES string of the molecule is COc1ccccc1CN1C(=O)c2cc3ccsc3n2C[C@@]1(C)C(=O)NC1CCCCC1. The van der Waals surface area contributed by atoms with E-state index in [1.807, 2.05) is 53.3 Å². The third-order valence-electron chi connectivity index (χ3n) is 6.98. The number of carbonyl (C=O) groups is 2. The van der Waals surface area contributed by atoms with Gasteiger partial charge in [0.2, 0.25) is 5.91 Å². The van der Waals surface area contributed by atoms with E-state index in [1.54, 1.807) is 23.3 Å². The smallest absolute Gasteiger partial charge is 0.271 e. The Morgan fingerprint density at radius 3 is 2.78 bits per heavy atom. The number of hydrogen-bond donors (Lipinski definition) is 1. The summed E-state index contributed by atoms with van der Waals surface area (Å²) in [6.07, 6.45) is 5.52. The standard InChI is InChI=1S/C25H29N3O3S/c1-25(24(30)26-19-9-4-3-5-10-19)16-27-20(14-17-12-13-32-23(17)27)22(29)28(25)15-18-8-6-7-11-21(18)31-2/h6-8,11-14,19H,3-5,9-10,15-16H2,1-2H3,(H,26,30)/t25-/m0/s1. The maximum absolute atomic E-state index is 13.8. The Morgan fingerprint density at radius 1 is 1.22 bits per heavy atom. The molecule has 1 aliphatic carbocycles. The van der Waals surface area contributed by atoms with Gasteiger partial charge in [0.25, 0.3) is 5.91 Å². The highest BCUT2D eigenvalue weighted by Crippen LogP contribution is 2.36. The van der Waals surface area contributed by atoms with Crippen molar-refractivity contribution in [3.63, 3.8) is 0 Å². The van der Waals surface area contributed by atoms with E-state index < -0.39 is 5.54 Å². The number of benzene rings is 1. The van der Waals surface area contributed by atoms with Crippen LogP contribution in [0.5, 0.6) is 5.75 Å². The van der Waals surface area contributed by atoms with Gasteiger partial charge in [-0.2, -0.15) is 0 Å². The summed E-state index contributed by atoms with van der Waals surface area (Å²) in [5, 5.41) is 6.36. The first kappa shape index (κ1) is 21.1. The third-order valence-corrected chi connectivity index (χ3v) is 7.93. The molecule has 0 radical (unpaired) electrons. The summed E-state index contributed by atoms with van der Waals surface area (Å²) in [7, 11) is 1.63. The summed E-state index contributed by atoms with van der Waals surface area (Å²) in [6, 6.07) is 11.9. The Bertz CT molecular complexity index is 1160. The predicted octanol–water partition coefficient (Wildman–Crippen LogP) is 4.58. The van der Waals surface area contributed by atoms with Crippen molar-refractivity contribution in [1.29, 1.82) is 0 Å². The van der Waals surface area contributed by atoms with Gasteiger partial charge in [-0.15, -0.1) is 11.3 Å². The highest BCUT2D eigenvalue weighted by atomic mass is 32.1. The van der Waals surface area contributed by atoms with Crippen LogP contribution in [0.15, 0.2) is 41.8 Å². The molecule has 3 heterocycles. The van der Waals surface area contributed by atoms with Crippen LogP contribution in [0.4, 0.5) is 0 Å². The molecule has 0 spiro atoms. The zero-order chi connectivity index (χ0) is 22.3. The number of rotatable bonds is 5. The van der Waals surface area contributed by atoms with Crippen LogP contribution < -0.4 is 10.1 Å². The van der Waals surface area contributed by atoms with Crippen LogP contribution in [0.25, 0.3) is 10.2 Å². The molecular formula is C25H29N3O3S. The van der Waals surface area contributed by atoms with Crippen molar-refractivity contribution in [3.8, 4) is 5.75 Å². The number of fused-ring (bicyclic) bond motifs is 3. The van der Waals surface area contributed by atoms with Gasteiger partial charge in [0.1, 0.15) is 21.8 Å². The van der Waals surface area contributed by atoms with E-state index >= 15 is 0 Å². The number of carbonyl (C=O) groups excluding carboxylic acids is 2. The van der Waals surface area contributed by atoms with Crippen LogP contribution in [0.2, 0.25) is 0 Å². The summed E-state index contributed by atoms with van der Waals surface area (Å²) in [5.41, 5.74) is 0.532. The Labute approximate surface area is 192 Å². The van der Waals surface area contributed by atoms with Gasteiger partial charge < -0.3 is 19.5 Å². The maximum atomic E-state index is 13.8. The fourth-order valence-corrected chi connectivity index (χ4v) is 5.99. The van der Waals surface area contributed by atoms with E-state index in [0.29, 0.717) is 18.8 Å². The molecule has 0 saturated heterocycles. The van der Waals surface area contributed by atoms with Crippen molar-refractivity contribution in [2.24, 2.45) is 0 Å². The second kappa shape index (κ2) is 8.28. The molecule has 1 atom stereocenters. The molecular weight excluding hydrogens is 422 g/mol. The molecule has 1 N–H and O–H groups in total. The molecule has 1 aliphatic heterocycles. The number of nitrogens with one attached hydrogen (secondary N) is 1. The van der Waals surface area contributed by atoms with Crippen molar-refractivity contribution in [1.82, 2.24) is 14.8 Å². The van der Waals surface area contributed by atoms with Crippen LogP contribution in [-0.2, 0) is 17.9 Å². The zero-order valence-corrected chi connectivity index (χ0v) is 19.4. The lowest BCUT2D eigenvalue weighted by Crippen LogP contribution is -2.64. The molecule has 1 aromatic carbocycles. The molecule has 2 amide bonds. The van der Waals surface area contributed by atoms with Gasteiger partial charge >= 0.3 is 0 Å². The fraction of sp³-hybridized carbons (Fsp3) is 0.440. The van der Waals surface area contributed by atoms with Crippen LogP contribution >= 0.6 is 11.3 Å². The number of nitrogens with zero attached hydrogens (tertiary/aromatic N) is 2. The minimum Gasteiger partial charge on any atom is -0.496 e. The van der Waals surface area contributed by atoms with E-state index in [0.717, 1.165) is 47.2 Å². The minimum absolute atomic E-state index is 0.0725. The molecule has 2 aromatic heterocycles. The van der Waals surface area contributed by atoms with Crippen molar-refractivity contribution >= 4 is 33.4 Å². The number of ether oxygens (including phenoxy) is 1. The molecule has 2 aliphatic rings. The van der Waals surface area contributed by atoms with Crippen molar-refractivity contribution in [2.45, 2.75) is 63.7 Å². The molecule has 0 bridgehead atoms. The Balaban J connectivity index is 1.54. The van der Waals surface area contributed by atoms with Gasteiger partial charge in [-0.25, -0.2) is 0 Å². The summed E-state index contributed by atoms with van der Waals surface area (Å²) >= 11 is 1.61. The van der Waals surface area contributed by atoms with Crippen molar-refractivity contribution in [2.75, 3.05) is 7.11 Å². The lowest BCUT2D eigenvalue weighted by atomic mass is 9.91. The summed E-state index contributed by atoms with van der Waals surface area (Å²) in [4.78, 5) is 30.3. The van der Waals surface area contributed by atoms with Crippen LogP contribution in [0.3, 0.4) is 0 Å². The Hall–Kier alpha value is -2.80. The second-order valence-corrected chi connectivity index (χ2v) is 9.98. The highest BCUT2D eigenvalue weighted by Gasteiger charge is 2.48. The van der Waals surface area contributed by atoms with Gasteiger partial charge in [0, 0.05) is 17.0 Å². The molecule has 6 nitrogen and oxygen atoms in total. The quantitative estimate of drug-likeness (QED) is 0.618. The first-order valence-corrected chi connectivity index (χ1v) is 12.2. The average molecular weight is 452 g/mol. The maximum Gasteiger partial charge on any atom is 0.271 e. The van der Waals surface area contributed by atoms with Crippen LogP contribution in [0.1, 0.15) is 55.1 Å². The summed E-state index contributed by atoms with van der Waals surface area (Å²) in [6.45, 7) is 2.66. The number of aromatic nitrogens is 1. The summed E-state index contributed by atoms with van der Waals surface area (Å²) in [5.74, 6) is 0.529. The number of para-hydroxylation sites is 1. The molecule has 1 saturated carbocycles. The van der Waals surface area contributed by atoms with Crippen molar-refractivity contribution in [3.05, 3.63) is 53.0 Å².